The summed E-state index contributed by atoms with van der Waals surface area (Å²) < 4.78 is 28.3. The Morgan fingerprint density at radius 2 is 1.73 bits per heavy atom. The van der Waals surface area contributed by atoms with Crippen molar-refractivity contribution in [1.82, 2.24) is 4.98 Å². The van der Waals surface area contributed by atoms with Gasteiger partial charge in [0.15, 0.2) is 0 Å². The minimum absolute atomic E-state index is 0.172. The zero-order chi connectivity index (χ0) is 19.1. The molecule has 0 fully saturated rings. The lowest BCUT2D eigenvalue weighted by atomic mass is 10.2. The van der Waals surface area contributed by atoms with Crippen LogP contribution in [0.15, 0.2) is 41.4 Å². The van der Waals surface area contributed by atoms with Gasteiger partial charge in [-0.05, 0) is 56.2 Å². The molecule has 0 bridgehead atoms. The third-order valence-electron chi connectivity index (χ3n) is 3.82. The fraction of sp³-hybridized carbons (Fsp3) is 0.167. The van der Waals surface area contributed by atoms with Gasteiger partial charge in [-0.15, -0.1) is 11.3 Å². The summed E-state index contributed by atoms with van der Waals surface area (Å²) in [6.07, 6.45) is 1.78. The molecule has 1 aromatic heterocycles. The third kappa shape index (κ3) is 3.88. The smallest absolute Gasteiger partial charge is 0.262 e. The Balaban J connectivity index is 2.01. The molecule has 0 spiro atoms. The number of aromatic nitrogens is 1. The van der Waals surface area contributed by atoms with Crippen molar-refractivity contribution in [2.75, 3.05) is 4.72 Å². The van der Waals surface area contributed by atoms with Crippen LogP contribution in [0.1, 0.15) is 16.0 Å². The minimum atomic E-state index is -3.81. The number of halogens is 2. The normalized spacial score (nSPS) is 11.6. The van der Waals surface area contributed by atoms with Crippen LogP contribution in [-0.2, 0) is 10.0 Å². The summed E-state index contributed by atoms with van der Waals surface area (Å²) in [7, 11) is -3.81. The number of rotatable bonds is 4. The number of hydrogen-bond donors (Lipinski definition) is 1. The zero-order valence-electron chi connectivity index (χ0n) is 14.3. The van der Waals surface area contributed by atoms with Crippen LogP contribution in [-0.4, -0.2) is 13.4 Å². The first-order valence-corrected chi connectivity index (χ1v) is 10.7. The SMILES string of the molecule is Cc1cnc(-c2ccc(Cl)c(NS(=O)(=O)c3cc(C)c(Cl)cc3C)c2)s1. The number of anilines is 1. The fourth-order valence-electron chi connectivity index (χ4n) is 2.47. The van der Waals surface area contributed by atoms with E-state index in [0.717, 1.165) is 15.4 Å². The van der Waals surface area contributed by atoms with Crippen molar-refractivity contribution in [3.05, 3.63) is 62.6 Å². The second-order valence-corrected chi connectivity index (χ2v) is 9.64. The van der Waals surface area contributed by atoms with Crippen molar-refractivity contribution >= 4 is 50.2 Å². The molecule has 0 amide bonds. The maximum absolute atomic E-state index is 12.9. The highest BCUT2D eigenvalue weighted by Gasteiger charge is 2.20. The molecule has 0 radical (unpaired) electrons. The van der Waals surface area contributed by atoms with E-state index < -0.39 is 10.0 Å². The molecule has 1 heterocycles. The summed E-state index contributed by atoms with van der Waals surface area (Å²) in [6.45, 7) is 5.43. The van der Waals surface area contributed by atoms with Crippen LogP contribution in [0.4, 0.5) is 5.69 Å². The van der Waals surface area contributed by atoms with Gasteiger partial charge in [-0.25, -0.2) is 13.4 Å². The molecule has 0 aliphatic rings. The van der Waals surface area contributed by atoms with E-state index >= 15 is 0 Å². The van der Waals surface area contributed by atoms with Gasteiger partial charge in [-0.1, -0.05) is 29.3 Å². The van der Waals surface area contributed by atoms with E-state index in [-0.39, 0.29) is 4.90 Å². The Bertz CT molecular complexity index is 1090. The molecule has 26 heavy (non-hydrogen) atoms. The lowest BCUT2D eigenvalue weighted by molar-refractivity contribution is 0.600. The summed E-state index contributed by atoms with van der Waals surface area (Å²) in [5, 5.41) is 1.65. The predicted molar refractivity (Wildman–Crippen MR) is 109 cm³/mol. The van der Waals surface area contributed by atoms with Crippen molar-refractivity contribution in [3.8, 4) is 10.6 Å². The first-order chi connectivity index (χ1) is 12.2. The van der Waals surface area contributed by atoms with Gasteiger partial charge in [-0.2, -0.15) is 0 Å². The van der Waals surface area contributed by atoms with Gasteiger partial charge in [0.25, 0.3) is 10.0 Å². The average Bonchev–Trinajstić information content (AvgIpc) is 2.99. The Morgan fingerprint density at radius 1 is 1.00 bits per heavy atom. The molecule has 0 saturated carbocycles. The Labute approximate surface area is 166 Å². The van der Waals surface area contributed by atoms with Crippen molar-refractivity contribution < 1.29 is 8.42 Å². The number of hydrogen-bond acceptors (Lipinski definition) is 4. The molecule has 1 N–H and O–H groups in total. The van der Waals surface area contributed by atoms with Crippen molar-refractivity contribution in [3.63, 3.8) is 0 Å². The quantitative estimate of drug-likeness (QED) is 0.569. The van der Waals surface area contributed by atoms with Crippen LogP contribution < -0.4 is 4.72 Å². The van der Waals surface area contributed by atoms with Crippen LogP contribution in [0.2, 0.25) is 10.0 Å². The van der Waals surface area contributed by atoms with Gasteiger partial charge < -0.3 is 0 Å². The van der Waals surface area contributed by atoms with E-state index in [2.05, 4.69) is 9.71 Å². The highest BCUT2D eigenvalue weighted by Crippen LogP contribution is 2.33. The minimum Gasteiger partial charge on any atom is -0.278 e. The van der Waals surface area contributed by atoms with Crippen LogP contribution >= 0.6 is 34.5 Å². The highest BCUT2D eigenvalue weighted by atomic mass is 35.5. The number of thiazole rings is 1. The monoisotopic (exact) mass is 426 g/mol. The van der Waals surface area contributed by atoms with Crippen molar-refractivity contribution in [2.24, 2.45) is 0 Å². The number of sulfonamides is 1. The van der Waals surface area contributed by atoms with Gasteiger partial charge in [0, 0.05) is 21.7 Å². The molecule has 0 saturated heterocycles. The summed E-state index contributed by atoms with van der Waals surface area (Å²) in [5.41, 5.74) is 2.37. The first-order valence-electron chi connectivity index (χ1n) is 7.69. The van der Waals surface area contributed by atoms with Gasteiger partial charge in [0.2, 0.25) is 0 Å². The number of nitrogens with one attached hydrogen (secondary N) is 1. The molecular formula is C18H16Cl2N2O2S2. The third-order valence-corrected chi connectivity index (χ3v) is 7.03. The number of aryl methyl sites for hydroxylation is 3. The molecule has 3 rings (SSSR count). The maximum Gasteiger partial charge on any atom is 0.262 e. The van der Waals surface area contributed by atoms with E-state index in [4.69, 9.17) is 23.2 Å². The highest BCUT2D eigenvalue weighted by molar-refractivity contribution is 7.92. The lowest BCUT2D eigenvalue weighted by Gasteiger charge is -2.13. The van der Waals surface area contributed by atoms with Crippen LogP contribution in [0.25, 0.3) is 10.6 Å². The van der Waals surface area contributed by atoms with Crippen LogP contribution in [0.3, 0.4) is 0 Å². The lowest BCUT2D eigenvalue weighted by Crippen LogP contribution is -2.15. The molecule has 0 unspecified atom stereocenters. The van der Waals surface area contributed by atoms with Crippen molar-refractivity contribution in [2.45, 2.75) is 25.7 Å². The zero-order valence-corrected chi connectivity index (χ0v) is 17.4. The molecule has 2 aromatic carbocycles. The van der Waals surface area contributed by atoms with E-state index in [1.807, 2.05) is 13.0 Å². The van der Waals surface area contributed by atoms with E-state index in [1.54, 1.807) is 44.3 Å². The molecule has 0 aliphatic carbocycles. The van der Waals surface area contributed by atoms with E-state index in [0.29, 0.717) is 26.9 Å². The second kappa shape index (κ2) is 7.19. The predicted octanol–water partition coefficient (Wildman–Crippen LogP) is 5.84. The molecule has 0 aliphatic heterocycles. The summed E-state index contributed by atoms with van der Waals surface area (Å²) in [6, 6.07) is 8.36. The Kier molecular flexibility index (Phi) is 5.30. The summed E-state index contributed by atoms with van der Waals surface area (Å²) in [5.74, 6) is 0. The topological polar surface area (TPSA) is 59.1 Å². The van der Waals surface area contributed by atoms with Crippen LogP contribution in [0, 0.1) is 20.8 Å². The van der Waals surface area contributed by atoms with Gasteiger partial charge in [0.05, 0.1) is 15.6 Å². The first kappa shape index (κ1) is 19.2. The fourth-order valence-corrected chi connectivity index (χ4v) is 5.05. The Hall–Kier alpha value is -1.60. The van der Waals surface area contributed by atoms with Gasteiger partial charge >= 0.3 is 0 Å². The van der Waals surface area contributed by atoms with E-state index in [9.17, 15) is 8.42 Å². The van der Waals surface area contributed by atoms with E-state index in [1.165, 1.54) is 11.3 Å². The van der Waals surface area contributed by atoms with Gasteiger partial charge in [0.1, 0.15) is 5.01 Å². The van der Waals surface area contributed by atoms with Crippen LogP contribution in [0.5, 0.6) is 0 Å². The van der Waals surface area contributed by atoms with Gasteiger partial charge in [-0.3, -0.25) is 4.72 Å². The molecule has 4 nitrogen and oxygen atoms in total. The molecule has 136 valence electrons. The largest absolute Gasteiger partial charge is 0.278 e. The number of nitrogens with zero attached hydrogens (tertiary/aromatic N) is 1. The second-order valence-electron chi connectivity index (χ2n) is 5.94. The van der Waals surface area contributed by atoms with Crippen molar-refractivity contribution in [1.29, 1.82) is 0 Å². The molecule has 0 atom stereocenters. The Morgan fingerprint density at radius 3 is 2.38 bits per heavy atom. The standard InChI is InChI=1S/C18H16Cl2N2O2S2/c1-10-7-17(11(2)6-15(10)20)26(23,24)22-16-8-13(4-5-14(16)19)18-21-9-12(3)25-18/h4-9,22H,1-3H3. The average molecular weight is 427 g/mol. The summed E-state index contributed by atoms with van der Waals surface area (Å²) in [4.78, 5) is 5.58. The summed E-state index contributed by atoms with van der Waals surface area (Å²) >= 11 is 13.8. The molecular weight excluding hydrogens is 411 g/mol. The molecule has 8 heteroatoms. The number of benzene rings is 2. The molecule has 3 aromatic rings. The maximum atomic E-state index is 12.9.